The van der Waals surface area contributed by atoms with Crippen molar-refractivity contribution in [2.24, 2.45) is 0 Å². The van der Waals surface area contributed by atoms with E-state index in [0.717, 1.165) is 19.3 Å². The molecule has 1 aliphatic carbocycles. The second-order valence-corrected chi connectivity index (χ2v) is 3.93. The zero-order chi connectivity index (χ0) is 9.97. The van der Waals surface area contributed by atoms with E-state index in [1.54, 1.807) is 18.5 Å². The molecule has 0 spiro atoms. The zero-order valence-electron chi connectivity index (χ0n) is 7.69. The highest BCUT2D eigenvalue weighted by Crippen LogP contribution is 2.25. The molecule has 0 saturated heterocycles. The summed E-state index contributed by atoms with van der Waals surface area (Å²) >= 11 is 5.76. The number of aliphatic hydroxyl groups is 1. The number of aromatic nitrogens is 1. The molecule has 0 aromatic carbocycles. The standard InChI is InChI=1S/C10H12ClNO2/c11-7-4-8(6-12-5-7)14-10-3-1-2-9(10)13/h4-6,9-10,13H,1-3H2/t9-,10-/m1/s1. The van der Waals surface area contributed by atoms with Crippen LogP contribution in [0.4, 0.5) is 0 Å². The van der Waals surface area contributed by atoms with Crippen molar-refractivity contribution >= 4 is 11.6 Å². The van der Waals surface area contributed by atoms with E-state index < -0.39 is 0 Å². The summed E-state index contributed by atoms with van der Waals surface area (Å²) in [4.78, 5) is 3.91. The van der Waals surface area contributed by atoms with E-state index in [9.17, 15) is 5.11 Å². The summed E-state index contributed by atoms with van der Waals surface area (Å²) in [6, 6.07) is 1.71. The van der Waals surface area contributed by atoms with Crippen molar-refractivity contribution in [1.29, 1.82) is 0 Å². The fraction of sp³-hybridized carbons (Fsp3) is 0.500. The molecule has 3 nitrogen and oxygen atoms in total. The highest BCUT2D eigenvalue weighted by molar-refractivity contribution is 6.30. The smallest absolute Gasteiger partial charge is 0.139 e. The molecular formula is C10H12ClNO2. The van der Waals surface area contributed by atoms with E-state index in [-0.39, 0.29) is 12.2 Å². The quantitative estimate of drug-likeness (QED) is 0.818. The summed E-state index contributed by atoms with van der Waals surface area (Å²) in [5.74, 6) is 0.628. The van der Waals surface area contributed by atoms with Crippen LogP contribution in [0.2, 0.25) is 5.02 Å². The summed E-state index contributed by atoms with van der Waals surface area (Å²) in [6.07, 6.45) is 5.44. The van der Waals surface area contributed by atoms with Gasteiger partial charge >= 0.3 is 0 Å². The first-order valence-electron chi connectivity index (χ1n) is 4.71. The summed E-state index contributed by atoms with van der Waals surface area (Å²) in [5, 5.41) is 10.1. The molecule has 0 radical (unpaired) electrons. The SMILES string of the molecule is O[C@@H]1CCC[C@H]1Oc1cncc(Cl)c1. The first-order valence-corrected chi connectivity index (χ1v) is 5.09. The third-order valence-electron chi connectivity index (χ3n) is 2.38. The average molecular weight is 214 g/mol. The highest BCUT2D eigenvalue weighted by Gasteiger charge is 2.26. The van der Waals surface area contributed by atoms with Gasteiger partial charge in [0.1, 0.15) is 11.9 Å². The van der Waals surface area contributed by atoms with Crippen molar-refractivity contribution in [3.63, 3.8) is 0 Å². The number of hydrogen-bond donors (Lipinski definition) is 1. The van der Waals surface area contributed by atoms with Gasteiger partial charge in [-0.15, -0.1) is 0 Å². The maximum atomic E-state index is 9.54. The summed E-state index contributed by atoms with van der Waals surface area (Å²) < 4.78 is 5.57. The predicted molar refractivity (Wildman–Crippen MR) is 53.5 cm³/mol. The van der Waals surface area contributed by atoms with Crippen LogP contribution in [0.5, 0.6) is 5.75 Å². The highest BCUT2D eigenvalue weighted by atomic mass is 35.5. The first kappa shape index (κ1) is 9.74. The summed E-state index contributed by atoms with van der Waals surface area (Å²) in [6.45, 7) is 0. The first-order chi connectivity index (χ1) is 6.75. The topological polar surface area (TPSA) is 42.4 Å². The predicted octanol–water partition coefficient (Wildman–Crippen LogP) is 2.03. The van der Waals surface area contributed by atoms with E-state index in [1.165, 1.54) is 0 Å². The minimum atomic E-state index is -0.353. The minimum absolute atomic E-state index is 0.102. The van der Waals surface area contributed by atoms with Gasteiger partial charge < -0.3 is 9.84 Å². The van der Waals surface area contributed by atoms with Gasteiger partial charge in [0.05, 0.1) is 17.3 Å². The van der Waals surface area contributed by atoms with Crippen LogP contribution in [-0.4, -0.2) is 22.3 Å². The van der Waals surface area contributed by atoms with Crippen LogP contribution in [-0.2, 0) is 0 Å². The van der Waals surface area contributed by atoms with Gasteiger partial charge in [0.2, 0.25) is 0 Å². The lowest BCUT2D eigenvalue weighted by atomic mass is 10.2. The maximum absolute atomic E-state index is 9.54. The molecule has 1 aromatic rings. The summed E-state index contributed by atoms with van der Waals surface area (Å²) in [7, 11) is 0. The number of nitrogens with zero attached hydrogens (tertiary/aromatic N) is 1. The van der Waals surface area contributed by atoms with Crippen LogP contribution in [0.1, 0.15) is 19.3 Å². The van der Waals surface area contributed by atoms with E-state index in [2.05, 4.69) is 4.98 Å². The zero-order valence-corrected chi connectivity index (χ0v) is 8.44. The lowest BCUT2D eigenvalue weighted by molar-refractivity contribution is 0.0602. The van der Waals surface area contributed by atoms with Crippen LogP contribution in [0.15, 0.2) is 18.5 Å². The van der Waals surface area contributed by atoms with Gasteiger partial charge in [0, 0.05) is 12.3 Å². The van der Waals surface area contributed by atoms with Gasteiger partial charge in [-0.1, -0.05) is 11.6 Å². The lowest BCUT2D eigenvalue weighted by Gasteiger charge is -2.16. The molecule has 1 fully saturated rings. The van der Waals surface area contributed by atoms with E-state index in [1.807, 2.05) is 0 Å². The Labute approximate surface area is 87.7 Å². The summed E-state index contributed by atoms with van der Waals surface area (Å²) in [5.41, 5.74) is 0. The number of rotatable bonds is 2. The number of aliphatic hydroxyl groups excluding tert-OH is 1. The molecule has 76 valence electrons. The monoisotopic (exact) mass is 213 g/mol. The Hall–Kier alpha value is -0.800. The Kier molecular flexibility index (Phi) is 2.89. The fourth-order valence-electron chi connectivity index (χ4n) is 1.68. The number of pyridine rings is 1. The molecular weight excluding hydrogens is 202 g/mol. The molecule has 1 aromatic heterocycles. The van der Waals surface area contributed by atoms with Gasteiger partial charge in [-0.3, -0.25) is 4.98 Å². The number of halogens is 1. The van der Waals surface area contributed by atoms with Gasteiger partial charge in [-0.25, -0.2) is 0 Å². The molecule has 0 bridgehead atoms. The normalized spacial score (nSPS) is 26.4. The molecule has 0 amide bonds. The Balaban J connectivity index is 2.03. The van der Waals surface area contributed by atoms with Crippen LogP contribution in [0, 0.1) is 0 Å². The molecule has 1 saturated carbocycles. The van der Waals surface area contributed by atoms with E-state index in [0.29, 0.717) is 10.8 Å². The molecule has 1 aliphatic rings. The lowest BCUT2D eigenvalue weighted by Crippen LogP contribution is -2.25. The minimum Gasteiger partial charge on any atom is -0.486 e. The Morgan fingerprint density at radius 1 is 1.43 bits per heavy atom. The molecule has 2 atom stereocenters. The van der Waals surface area contributed by atoms with Crippen molar-refractivity contribution in [1.82, 2.24) is 4.98 Å². The molecule has 1 heterocycles. The van der Waals surface area contributed by atoms with Crippen molar-refractivity contribution in [3.8, 4) is 5.75 Å². The molecule has 0 unspecified atom stereocenters. The van der Waals surface area contributed by atoms with E-state index in [4.69, 9.17) is 16.3 Å². The van der Waals surface area contributed by atoms with Gasteiger partial charge in [0.15, 0.2) is 0 Å². The van der Waals surface area contributed by atoms with Crippen molar-refractivity contribution in [3.05, 3.63) is 23.5 Å². The third kappa shape index (κ3) is 2.16. The number of hydrogen-bond acceptors (Lipinski definition) is 3. The molecule has 2 rings (SSSR count). The second kappa shape index (κ2) is 4.15. The molecule has 1 N–H and O–H groups in total. The van der Waals surface area contributed by atoms with Crippen molar-refractivity contribution in [2.75, 3.05) is 0 Å². The van der Waals surface area contributed by atoms with Crippen LogP contribution < -0.4 is 4.74 Å². The van der Waals surface area contributed by atoms with Crippen molar-refractivity contribution < 1.29 is 9.84 Å². The van der Waals surface area contributed by atoms with Gasteiger partial charge in [-0.2, -0.15) is 0 Å². The van der Waals surface area contributed by atoms with Crippen molar-refractivity contribution in [2.45, 2.75) is 31.5 Å². The second-order valence-electron chi connectivity index (χ2n) is 3.49. The Bertz CT molecular complexity index is 319. The largest absolute Gasteiger partial charge is 0.486 e. The maximum Gasteiger partial charge on any atom is 0.139 e. The van der Waals surface area contributed by atoms with Gasteiger partial charge in [-0.05, 0) is 19.3 Å². The van der Waals surface area contributed by atoms with Gasteiger partial charge in [0.25, 0.3) is 0 Å². The molecule has 0 aliphatic heterocycles. The third-order valence-corrected chi connectivity index (χ3v) is 2.59. The Morgan fingerprint density at radius 2 is 2.29 bits per heavy atom. The molecule has 14 heavy (non-hydrogen) atoms. The molecule has 4 heteroatoms. The van der Waals surface area contributed by atoms with Crippen LogP contribution in [0.3, 0.4) is 0 Å². The van der Waals surface area contributed by atoms with Crippen LogP contribution >= 0.6 is 11.6 Å². The Morgan fingerprint density at radius 3 is 2.93 bits per heavy atom. The number of ether oxygens (including phenoxy) is 1. The fourth-order valence-corrected chi connectivity index (χ4v) is 1.84. The average Bonchev–Trinajstić information content (AvgIpc) is 2.52. The van der Waals surface area contributed by atoms with Crippen LogP contribution in [0.25, 0.3) is 0 Å². The van der Waals surface area contributed by atoms with E-state index >= 15 is 0 Å².